The number of carboxylic acids is 2. The van der Waals surface area contributed by atoms with Crippen molar-refractivity contribution in [2.24, 2.45) is 17.8 Å². The normalized spacial score (nSPS) is 26.5. The topological polar surface area (TPSA) is 113 Å². The highest BCUT2D eigenvalue weighted by atomic mass is 16.6. The fourth-order valence-electron chi connectivity index (χ4n) is 2.49. The summed E-state index contributed by atoms with van der Waals surface area (Å²) in [5.74, 6) is -3.83. The minimum atomic E-state index is -1.25. The van der Waals surface area contributed by atoms with E-state index in [2.05, 4.69) is 5.32 Å². The van der Waals surface area contributed by atoms with E-state index in [4.69, 9.17) is 9.84 Å². The average molecular weight is 287 g/mol. The molecule has 20 heavy (non-hydrogen) atoms. The molecule has 1 saturated carbocycles. The predicted octanol–water partition coefficient (Wildman–Crippen LogP) is 1.32. The summed E-state index contributed by atoms with van der Waals surface area (Å²) in [5.41, 5.74) is -0.743. The molecule has 4 unspecified atom stereocenters. The monoisotopic (exact) mass is 287 g/mol. The molecule has 114 valence electrons. The van der Waals surface area contributed by atoms with E-state index in [9.17, 15) is 19.5 Å². The highest BCUT2D eigenvalue weighted by Gasteiger charge is 2.59. The van der Waals surface area contributed by atoms with Gasteiger partial charge in [0.1, 0.15) is 11.6 Å². The summed E-state index contributed by atoms with van der Waals surface area (Å²) in [6, 6.07) is -1.24. The van der Waals surface area contributed by atoms with Gasteiger partial charge in [-0.05, 0) is 26.7 Å². The van der Waals surface area contributed by atoms with Gasteiger partial charge in [0.05, 0.1) is 5.92 Å². The van der Waals surface area contributed by atoms with Gasteiger partial charge in [-0.1, -0.05) is 13.3 Å². The van der Waals surface area contributed by atoms with Gasteiger partial charge in [-0.15, -0.1) is 0 Å². The van der Waals surface area contributed by atoms with E-state index < -0.39 is 41.5 Å². The Kier molecular flexibility index (Phi) is 4.62. The Labute approximate surface area is 117 Å². The number of alkyl carbamates (subject to hydrolysis) is 1. The number of carbonyl (C=O) groups is 3. The minimum absolute atomic E-state index is 0.233. The molecule has 7 nitrogen and oxygen atoms in total. The second-order valence-electron chi connectivity index (χ2n) is 5.98. The van der Waals surface area contributed by atoms with Crippen molar-refractivity contribution < 1.29 is 29.3 Å². The number of rotatable bonds is 5. The molecule has 0 spiro atoms. The van der Waals surface area contributed by atoms with Crippen molar-refractivity contribution in [3.63, 3.8) is 0 Å². The van der Waals surface area contributed by atoms with Gasteiger partial charge in [0.25, 0.3) is 0 Å². The summed E-state index contributed by atoms with van der Waals surface area (Å²) in [4.78, 5) is 33.9. The molecule has 1 aliphatic rings. The van der Waals surface area contributed by atoms with Crippen LogP contribution in [0.1, 0.15) is 34.1 Å². The van der Waals surface area contributed by atoms with Crippen molar-refractivity contribution >= 4 is 18.0 Å². The largest absolute Gasteiger partial charge is 0.481 e. The van der Waals surface area contributed by atoms with E-state index in [-0.39, 0.29) is 5.92 Å². The molecule has 0 saturated heterocycles. The molecular weight excluding hydrogens is 266 g/mol. The van der Waals surface area contributed by atoms with Crippen molar-refractivity contribution in [3.8, 4) is 0 Å². The fourth-order valence-corrected chi connectivity index (χ4v) is 2.49. The second kappa shape index (κ2) is 5.68. The zero-order valence-corrected chi connectivity index (χ0v) is 12.0. The van der Waals surface area contributed by atoms with Gasteiger partial charge in [-0.3, -0.25) is 4.79 Å². The van der Waals surface area contributed by atoms with Gasteiger partial charge in [-0.2, -0.15) is 0 Å². The number of amides is 1. The Balaban J connectivity index is 2.74. The van der Waals surface area contributed by atoms with Crippen LogP contribution < -0.4 is 5.32 Å². The Morgan fingerprint density at radius 2 is 1.80 bits per heavy atom. The quantitative estimate of drug-likeness (QED) is 0.703. The van der Waals surface area contributed by atoms with Crippen molar-refractivity contribution in [1.29, 1.82) is 0 Å². The summed E-state index contributed by atoms with van der Waals surface area (Å²) < 4.78 is 5.00. The summed E-state index contributed by atoms with van der Waals surface area (Å²) in [5, 5.41) is 20.5. The number of carbonyl (C=O) groups excluding carboxylic acids is 1. The van der Waals surface area contributed by atoms with Crippen molar-refractivity contribution in [1.82, 2.24) is 5.32 Å². The molecule has 1 amide bonds. The molecule has 1 aliphatic carbocycles. The van der Waals surface area contributed by atoms with Gasteiger partial charge in [0.15, 0.2) is 0 Å². The summed E-state index contributed by atoms with van der Waals surface area (Å²) >= 11 is 0. The standard InChI is InChI=1S/C13H21NO6/c1-5-6-7(8(6)10(15)16)9(11(17)18)14-12(19)20-13(2,3)4/h6-9H,5H2,1-4H3,(H,14,19)(H,15,16)(H,17,18). The summed E-state index contributed by atoms with van der Waals surface area (Å²) in [7, 11) is 0. The lowest BCUT2D eigenvalue weighted by Gasteiger charge is -2.22. The van der Waals surface area contributed by atoms with Crippen molar-refractivity contribution in [2.75, 3.05) is 0 Å². The number of hydrogen-bond donors (Lipinski definition) is 3. The second-order valence-corrected chi connectivity index (χ2v) is 5.98. The van der Waals surface area contributed by atoms with Crippen LogP contribution in [-0.2, 0) is 14.3 Å². The van der Waals surface area contributed by atoms with Crippen LogP contribution in [0.15, 0.2) is 0 Å². The van der Waals surface area contributed by atoms with Gasteiger partial charge in [0.2, 0.25) is 0 Å². The van der Waals surface area contributed by atoms with Crippen LogP contribution in [0.25, 0.3) is 0 Å². The lowest BCUT2D eigenvalue weighted by atomic mass is 10.1. The van der Waals surface area contributed by atoms with Crippen molar-refractivity contribution in [2.45, 2.75) is 45.8 Å². The van der Waals surface area contributed by atoms with Crippen molar-refractivity contribution in [3.05, 3.63) is 0 Å². The maximum Gasteiger partial charge on any atom is 0.408 e. The third kappa shape index (κ3) is 3.85. The molecular formula is C13H21NO6. The zero-order valence-electron chi connectivity index (χ0n) is 12.0. The molecule has 0 aliphatic heterocycles. The number of hydrogen-bond acceptors (Lipinski definition) is 4. The number of carboxylic acid groups (broad SMARTS) is 2. The summed E-state index contributed by atoms with van der Waals surface area (Å²) in [6.07, 6.45) is -0.294. The molecule has 0 aromatic rings. The Hall–Kier alpha value is -1.79. The van der Waals surface area contributed by atoms with Gasteiger partial charge in [0, 0.05) is 5.92 Å². The molecule has 0 aromatic carbocycles. The third-order valence-electron chi connectivity index (χ3n) is 3.31. The third-order valence-corrected chi connectivity index (χ3v) is 3.31. The Bertz CT molecular complexity index is 414. The zero-order chi connectivity index (χ0) is 15.7. The lowest BCUT2D eigenvalue weighted by molar-refractivity contribution is -0.141. The van der Waals surface area contributed by atoms with E-state index in [0.29, 0.717) is 6.42 Å². The molecule has 7 heteroatoms. The van der Waals surface area contributed by atoms with Crippen LogP contribution in [0.2, 0.25) is 0 Å². The minimum Gasteiger partial charge on any atom is -0.481 e. The molecule has 4 atom stereocenters. The molecule has 3 N–H and O–H groups in total. The van der Waals surface area contributed by atoms with Gasteiger partial charge < -0.3 is 20.3 Å². The number of ether oxygens (including phenoxy) is 1. The Morgan fingerprint density at radius 1 is 1.25 bits per heavy atom. The van der Waals surface area contributed by atoms with E-state index in [1.54, 1.807) is 27.7 Å². The van der Waals surface area contributed by atoms with Crippen LogP contribution in [-0.4, -0.2) is 39.9 Å². The Morgan fingerprint density at radius 3 is 2.10 bits per heavy atom. The molecule has 0 radical (unpaired) electrons. The molecule has 0 aromatic heterocycles. The van der Waals surface area contributed by atoms with E-state index >= 15 is 0 Å². The first-order valence-corrected chi connectivity index (χ1v) is 6.53. The predicted molar refractivity (Wildman–Crippen MR) is 69.2 cm³/mol. The van der Waals surface area contributed by atoms with Crippen LogP contribution in [0.3, 0.4) is 0 Å². The van der Waals surface area contributed by atoms with E-state index in [1.165, 1.54) is 0 Å². The van der Waals surface area contributed by atoms with E-state index in [1.807, 2.05) is 0 Å². The highest BCUT2D eigenvalue weighted by Crippen LogP contribution is 2.50. The SMILES string of the molecule is CCC1C(C(=O)O)C1C(NC(=O)OC(C)(C)C)C(=O)O. The summed E-state index contributed by atoms with van der Waals surface area (Å²) in [6.45, 7) is 6.78. The average Bonchev–Trinajstić information content (AvgIpc) is 2.96. The van der Waals surface area contributed by atoms with Gasteiger partial charge >= 0.3 is 18.0 Å². The van der Waals surface area contributed by atoms with Gasteiger partial charge in [-0.25, -0.2) is 9.59 Å². The smallest absolute Gasteiger partial charge is 0.408 e. The number of aliphatic carboxylic acids is 2. The number of nitrogens with one attached hydrogen (secondary N) is 1. The lowest BCUT2D eigenvalue weighted by Crippen LogP contribution is -2.45. The molecule has 1 rings (SSSR count). The van der Waals surface area contributed by atoms with E-state index in [0.717, 1.165) is 0 Å². The highest BCUT2D eigenvalue weighted by molar-refractivity contribution is 5.84. The fraction of sp³-hybridized carbons (Fsp3) is 0.769. The first-order chi connectivity index (χ1) is 9.08. The van der Waals surface area contributed by atoms with Crippen LogP contribution in [0.4, 0.5) is 4.79 Å². The molecule has 0 heterocycles. The van der Waals surface area contributed by atoms with Crippen LogP contribution in [0.5, 0.6) is 0 Å². The molecule has 1 fully saturated rings. The van der Waals surface area contributed by atoms with Crippen LogP contribution >= 0.6 is 0 Å². The maximum absolute atomic E-state index is 11.6. The van der Waals surface area contributed by atoms with Crippen LogP contribution in [0, 0.1) is 17.8 Å². The first kappa shape index (κ1) is 16.3. The first-order valence-electron chi connectivity index (χ1n) is 6.53. The maximum atomic E-state index is 11.6. The molecule has 0 bridgehead atoms.